The van der Waals surface area contributed by atoms with E-state index in [0.29, 0.717) is 36.6 Å². The summed E-state index contributed by atoms with van der Waals surface area (Å²) in [6, 6.07) is 8.06. The average molecular weight is 525 g/mol. The molecule has 0 aliphatic carbocycles. The first-order valence-corrected chi connectivity index (χ1v) is 12.3. The molecular weight excluding hydrogens is 506 g/mol. The summed E-state index contributed by atoms with van der Waals surface area (Å²) in [6.07, 6.45) is -6.59. The largest absolute Gasteiger partial charge is 0.388 e. The molecule has 0 spiro atoms. The van der Waals surface area contributed by atoms with Crippen molar-refractivity contribution < 1.29 is 38.4 Å². The number of nitrogens with one attached hydrogen (secondary N) is 1. The van der Waals surface area contributed by atoms with Crippen LogP contribution in [0.25, 0.3) is 42.0 Å². The second kappa shape index (κ2) is 7.53. The number of imide groups is 1. The number of amides is 2. The second-order valence-electron chi connectivity index (χ2n) is 9.44. The van der Waals surface area contributed by atoms with Gasteiger partial charge in [0.15, 0.2) is 6.23 Å². The Morgan fingerprint density at radius 3 is 2.27 bits per heavy atom. The summed E-state index contributed by atoms with van der Waals surface area (Å²) >= 11 is 1.25. The summed E-state index contributed by atoms with van der Waals surface area (Å²) in [5, 5.41) is 35.5. The molecule has 2 aliphatic heterocycles. The van der Waals surface area contributed by atoms with Crippen LogP contribution in [0.1, 0.15) is 33.9 Å². The maximum atomic E-state index is 14.5. The number of aliphatic hydroxyl groups excluding tert-OH is 3. The Balaban J connectivity index is 1.74. The fourth-order valence-corrected chi connectivity index (χ4v) is 6.93. The zero-order chi connectivity index (χ0) is 25.9. The molecule has 11 heteroatoms. The average Bonchev–Trinajstić information content (AvgIpc) is 3.48. The summed E-state index contributed by atoms with van der Waals surface area (Å²) in [5.41, 5.74) is 0.828. The van der Waals surface area contributed by atoms with Crippen LogP contribution in [-0.4, -0.2) is 56.1 Å². The van der Waals surface area contributed by atoms with Gasteiger partial charge in [-0.05, 0) is 43.3 Å². The Hall–Kier alpha value is -3.48. The second-order valence-corrected chi connectivity index (χ2v) is 10.5. The van der Waals surface area contributed by atoms with E-state index < -0.39 is 54.1 Å². The number of halogens is 2. The SMILES string of the molecule is C[C@H]1O[C@H](n2c3ccc(F)cc3c3c4c(c5c6cc(F)ccc6sc5c32)C(=O)NC4=O)[C@H](O)[C@@H](O)[C@@H]1O. The minimum Gasteiger partial charge on any atom is -0.388 e. The van der Waals surface area contributed by atoms with Crippen LogP contribution in [0.4, 0.5) is 8.78 Å². The molecule has 8 nitrogen and oxygen atoms in total. The van der Waals surface area contributed by atoms with Crippen molar-refractivity contribution in [3.63, 3.8) is 0 Å². The molecule has 0 saturated carbocycles. The summed E-state index contributed by atoms with van der Waals surface area (Å²) < 4.78 is 37.5. The number of hydrogen-bond donors (Lipinski definition) is 4. The van der Waals surface area contributed by atoms with Crippen molar-refractivity contribution in [2.75, 3.05) is 0 Å². The zero-order valence-corrected chi connectivity index (χ0v) is 19.8. The predicted octanol–water partition coefficient (Wildman–Crippen LogP) is 3.32. The summed E-state index contributed by atoms with van der Waals surface area (Å²) in [4.78, 5) is 26.1. The van der Waals surface area contributed by atoms with Gasteiger partial charge in [-0.1, -0.05) is 0 Å². The Labute approximate surface area is 210 Å². The predicted molar refractivity (Wildman–Crippen MR) is 132 cm³/mol. The lowest BCUT2D eigenvalue weighted by molar-refractivity contribution is -0.238. The zero-order valence-electron chi connectivity index (χ0n) is 19.0. The van der Waals surface area contributed by atoms with Gasteiger partial charge in [-0.3, -0.25) is 14.9 Å². The molecule has 0 radical (unpaired) electrons. The third-order valence-electron chi connectivity index (χ3n) is 7.34. The van der Waals surface area contributed by atoms with Crippen molar-refractivity contribution in [1.29, 1.82) is 0 Å². The van der Waals surface area contributed by atoms with Crippen LogP contribution in [0.5, 0.6) is 0 Å². The normalized spacial score (nSPS) is 26.1. The molecule has 5 atom stereocenters. The quantitative estimate of drug-likeness (QED) is 0.250. The summed E-state index contributed by atoms with van der Waals surface area (Å²) in [7, 11) is 0. The van der Waals surface area contributed by atoms with Crippen LogP contribution in [0, 0.1) is 11.6 Å². The molecule has 2 amide bonds. The van der Waals surface area contributed by atoms with Gasteiger partial charge in [0.1, 0.15) is 29.9 Å². The number of thiophene rings is 1. The van der Waals surface area contributed by atoms with Crippen molar-refractivity contribution >= 4 is 65.1 Å². The highest BCUT2D eigenvalue weighted by Crippen LogP contribution is 2.49. The maximum absolute atomic E-state index is 14.5. The van der Waals surface area contributed by atoms with Gasteiger partial charge < -0.3 is 24.6 Å². The third kappa shape index (κ3) is 2.88. The minimum absolute atomic E-state index is 0.0183. The number of aromatic nitrogens is 1. The highest BCUT2D eigenvalue weighted by atomic mass is 32.1. The molecule has 1 saturated heterocycles. The smallest absolute Gasteiger partial charge is 0.259 e. The van der Waals surface area contributed by atoms with Gasteiger partial charge in [0.2, 0.25) is 0 Å². The van der Waals surface area contributed by atoms with E-state index in [9.17, 15) is 33.7 Å². The van der Waals surface area contributed by atoms with Gasteiger partial charge in [-0.25, -0.2) is 8.78 Å². The topological polar surface area (TPSA) is 121 Å². The number of hydrogen-bond acceptors (Lipinski definition) is 7. The van der Waals surface area contributed by atoms with Gasteiger partial charge in [-0.15, -0.1) is 11.3 Å². The van der Waals surface area contributed by atoms with Crippen LogP contribution in [0.2, 0.25) is 0 Å². The first kappa shape index (κ1) is 22.7. The van der Waals surface area contributed by atoms with Crippen molar-refractivity contribution in [3.8, 4) is 0 Å². The number of carbonyl (C=O) groups is 2. The Kier molecular flexibility index (Phi) is 4.62. The molecule has 4 heterocycles. The Morgan fingerprint density at radius 2 is 1.54 bits per heavy atom. The van der Waals surface area contributed by atoms with Crippen LogP contribution in [-0.2, 0) is 4.74 Å². The minimum atomic E-state index is -1.58. The molecule has 5 aromatic rings. The number of benzene rings is 3. The van der Waals surface area contributed by atoms with E-state index in [1.165, 1.54) is 41.7 Å². The molecule has 2 aliphatic rings. The van der Waals surface area contributed by atoms with Crippen molar-refractivity contribution in [2.45, 2.75) is 37.6 Å². The molecule has 0 unspecified atom stereocenters. The molecule has 1 fully saturated rings. The lowest BCUT2D eigenvalue weighted by Crippen LogP contribution is -2.54. The van der Waals surface area contributed by atoms with Crippen molar-refractivity contribution in [3.05, 3.63) is 59.2 Å². The maximum Gasteiger partial charge on any atom is 0.259 e. The van der Waals surface area contributed by atoms with Crippen LogP contribution >= 0.6 is 11.3 Å². The van der Waals surface area contributed by atoms with E-state index in [2.05, 4.69) is 5.32 Å². The number of carbonyl (C=O) groups excluding carboxylic acids is 2. The number of ether oxygens (including phenoxy) is 1. The fraction of sp³-hybridized carbons (Fsp3) is 0.231. The van der Waals surface area contributed by atoms with E-state index in [4.69, 9.17) is 4.74 Å². The van der Waals surface area contributed by atoms with Crippen LogP contribution < -0.4 is 5.32 Å². The number of nitrogens with zero attached hydrogens (tertiary/aromatic N) is 1. The first-order chi connectivity index (χ1) is 17.7. The lowest BCUT2D eigenvalue weighted by Gasteiger charge is -2.40. The van der Waals surface area contributed by atoms with Gasteiger partial charge in [0.25, 0.3) is 11.8 Å². The molecule has 7 rings (SSSR count). The first-order valence-electron chi connectivity index (χ1n) is 11.5. The van der Waals surface area contributed by atoms with Crippen molar-refractivity contribution in [2.24, 2.45) is 0 Å². The summed E-state index contributed by atoms with van der Waals surface area (Å²) in [5.74, 6) is -2.43. The van der Waals surface area contributed by atoms with Gasteiger partial charge >= 0.3 is 0 Å². The van der Waals surface area contributed by atoms with Crippen LogP contribution in [0.15, 0.2) is 36.4 Å². The van der Waals surface area contributed by atoms with Gasteiger partial charge in [0, 0.05) is 26.2 Å². The van der Waals surface area contributed by atoms with E-state index >= 15 is 0 Å². The molecule has 188 valence electrons. The van der Waals surface area contributed by atoms with E-state index in [-0.39, 0.29) is 16.5 Å². The standard InChI is InChI=1S/C26H18F2N2O6S/c1-8-20(31)21(32)22(33)26(36-8)30-13-4-2-9(27)6-11(13)15-17-18(25(35)29-24(17)34)16-12-7-10(28)3-5-14(12)37-23(16)19(15)30/h2-8,20-22,26,31-33H,1H3,(H,29,34,35)/t8-,20-,21+,22-,26+/m1/s1. The number of rotatable bonds is 1. The molecule has 37 heavy (non-hydrogen) atoms. The van der Waals surface area contributed by atoms with E-state index in [1.807, 2.05) is 0 Å². The summed E-state index contributed by atoms with van der Waals surface area (Å²) in [6.45, 7) is 1.54. The monoisotopic (exact) mass is 524 g/mol. The fourth-order valence-electron chi connectivity index (χ4n) is 5.69. The van der Waals surface area contributed by atoms with Gasteiger partial charge in [0.05, 0.1) is 33.0 Å². The number of fused-ring (bicyclic) bond motifs is 10. The van der Waals surface area contributed by atoms with E-state index in [1.54, 1.807) is 17.6 Å². The highest BCUT2D eigenvalue weighted by molar-refractivity contribution is 7.26. The Morgan fingerprint density at radius 1 is 0.892 bits per heavy atom. The van der Waals surface area contributed by atoms with Gasteiger partial charge in [-0.2, -0.15) is 0 Å². The molecule has 2 aromatic heterocycles. The highest BCUT2D eigenvalue weighted by Gasteiger charge is 2.45. The third-order valence-corrected chi connectivity index (χ3v) is 8.52. The van der Waals surface area contributed by atoms with E-state index in [0.717, 1.165) is 0 Å². The number of aliphatic hydroxyl groups is 3. The van der Waals surface area contributed by atoms with Crippen molar-refractivity contribution in [1.82, 2.24) is 9.88 Å². The van der Waals surface area contributed by atoms with Crippen LogP contribution in [0.3, 0.4) is 0 Å². The molecule has 4 N–H and O–H groups in total. The molecule has 3 aromatic carbocycles. The molecule has 0 bridgehead atoms. The Bertz CT molecular complexity index is 1850. The lowest BCUT2D eigenvalue weighted by atomic mass is 9.96. The molecular formula is C26H18F2N2O6S.